The fraction of sp³-hybridized carbons (Fsp3) is 0.875. The summed E-state index contributed by atoms with van der Waals surface area (Å²) in [4.78, 5) is 11.4. The van der Waals surface area contributed by atoms with Crippen molar-refractivity contribution in [2.24, 2.45) is 5.92 Å². The van der Waals surface area contributed by atoms with Crippen LogP contribution in [0.4, 0.5) is 0 Å². The van der Waals surface area contributed by atoms with Crippen LogP contribution in [0, 0.1) is 5.92 Å². The van der Waals surface area contributed by atoms with E-state index in [-0.39, 0.29) is 17.2 Å². The molecule has 2 atom stereocenters. The van der Waals surface area contributed by atoms with E-state index in [1.54, 1.807) is 0 Å². The van der Waals surface area contributed by atoms with Crippen LogP contribution in [0.3, 0.4) is 0 Å². The average molecular weight is 208 g/mol. The molecule has 1 heterocycles. The second-order valence-electron chi connectivity index (χ2n) is 3.09. The Morgan fingerprint density at radius 1 is 1.83 bits per heavy atom. The van der Waals surface area contributed by atoms with Crippen molar-refractivity contribution in [3.63, 3.8) is 0 Å². The number of rotatable bonds is 3. The topological polar surface area (TPSA) is 29.1 Å². The first-order valence-corrected chi connectivity index (χ1v) is 5.79. The fourth-order valence-electron chi connectivity index (χ4n) is 1.13. The van der Waals surface area contributed by atoms with E-state index in [1.165, 1.54) is 0 Å². The molecule has 1 aliphatic rings. The summed E-state index contributed by atoms with van der Waals surface area (Å²) in [6, 6.07) is 0. The highest BCUT2D eigenvalue weighted by molar-refractivity contribution is 7.99. The smallest absolute Gasteiger partial charge is 0.224 e. The Hall–Kier alpha value is 0.110. The molecular formula is C8H14ClNOS. The summed E-state index contributed by atoms with van der Waals surface area (Å²) in [5.41, 5.74) is 0. The van der Waals surface area contributed by atoms with Crippen molar-refractivity contribution in [3.05, 3.63) is 0 Å². The maximum absolute atomic E-state index is 11.4. The van der Waals surface area contributed by atoms with E-state index in [1.807, 2.05) is 18.7 Å². The molecule has 0 spiro atoms. The number of nitrogens with one attached hydrogen (secondary N) is 1. The average Bonchev–Trinajstić information content (AvgIpc) is 2.51. The van der Waals surface area contributed by atoms with Crippen LogP contribution < -0.4 is 5.32 Å². The van der Waals surface area contributed by atoms with Gasteiger partial charge in [-0.1, -0.05) is 0 Å². The van der Waals surface area contributed by atoms with Crippen LogP contribution in [0.15, 0.2) is 0 Å². The standard InChI is InChI=1S/C8H14ClNOS/c1-6(9)4-10-8(11)7-2-3-12-5-7/h6-7H,2-5H2,1H3,(H,10,11). The molecule has 0 aromatic rings. The van der Waals surface area contributed by atoms with Gasteiger partial charge in [-0.3, -0.25) is 4.79 Å². The van der Waals surface area contributed by atoms with Crippen LogP contribution in [0.5, 0.6) is 0 Å². The molecule has 0 aliphatic carbocycles. The zero-order valence-corrected chi connectivity index (χ0v) is 8.75. The third-order valence-electron chi connectivity index (χ3n) is 1.86. The van der Waals surface area contributed by atoms with Gasteiger partial charge in [-0.25, -0.2) is 0 Å². The Balaban J connectivity index is 2.18. The second-order valence-corrected chi connectivity index (χ2v) is 4.98. The highest BCUT2D eigenvalue weighted by Crippen LogP contribution is 2.23. The van der Waals surface area contributed by atoms with E-state index < -0.39 is 0 Å². The number of thioether (sulfide) groups is 1. The van der Waals surface area contributed by atoms with Gasteiger partial charge in [0.05, 0.1) is 0 Å². The summed E-state index contributed by atoms with van der Waals surface area (Å²) in [7, 11) is 0. The second kappa shape index (κ2) is 4.97. The third kappa shape index (κ3) is 3.23. The fourth-order valence-corrected chi connectivity index (χ4v) is 2.42. The van der Waals surface area contributed by atoms with Gasteiger partial charge >= 0.3 is 0 Å². The molecule has 1 fully saturated rings. The lowest BCUT2D eigenvalue weighted by Gasteiger charge is -2.10. The predicted molar refractivity (Wildman–Crippen MR) is 53.8 cm³/mol. The van der Waals surface area contributed by atoms with Gasteiger partial charge in [0.1, 0.15) is 0 Å². The van der Waals surface area contributed by atoms with E-state index in [0.29, 0.717) is 6.54 Å². The SMILES string of the molecule is CC(Cl)CNC(=O)C1CCSC1. The first-order valence-electron chi connectivity index (χ1n) is 4.19. The van der Waals surface area contributed by atoms with Gasteiger partial charge < -0.3 is 5.32 Å². The van der Waals surface area contributed by atoms with Gasteiger partial charge in [0.25, 0.3) is 0 Å². The summed E-state index contributed by atoms with van der Waals surface area (Å²) >= 11 is 7.56. The molecule has 1 saturated heterocycles. The summed E-state index contributed by atoms with van der Waals surface area (Å²) in [5.74, 6) is 2.50. The first kappa shape index (κ1) is 10.2. The third-order valence-corrected chi connectivity index (χ3v) is 3.17. The molecule has 4 heteroatoms. The zero-order valence-electron chi connectivity index (χ0n) is 7.18. The number of hydrogen-bond donors (Lipinski definition) is 1. The lowest BCUT2D eigenvalue weighted by atomic mass is 10.1. The number of carbonyl (C=O) groups excluding carboxylic acids is 1. The largest absolute Gasteiger partial charge is 0.354 e. The van der Waals surface area contributed by atoms with E-state index in [4.69, 9.17) is 11.6 Å². The number of hydrogen-bond acceptors (Lipinski definition) is 2. The highest BCUT2D eigenvalue weighted by Gasteiger charge is 2.22. The number of alkyl halides is 1. The van der Waals surface area contributed by atoms with Crippen molar-refractivity contribution in [3.8, 4) is 0 Å². The van der Waals surface area contributed by atoms with Gasteiger partial charge in [-0.2, -0.15) is 11.8 Å². The maximum Gasteiger partial charge on any atom is 0.224 e. The monoisotopic (exact) mass is 207 g/mol. The molecule has 12 heavy (non-hydrogen) atoms. The summed E-state index contributed by atoms with van der Waals surface area (Å²) in [5, 5.41) is 2.87. The Morgan fingerprint density at radius 2 is 2.58 bits per heavy atom. The molecule has 1 N–H and O–H groups in total. The summed E-state index contributed by atoms with van der Waals surface area (Å²) < 4.78 is 0. The molecular weight excluding hydrogens is 194 g/mol. The van der Waals surface area contributed by atoms with Gasteiger partial charge in [0.2, 0.25) is 5.91 Å². The molecule has 0 aromatic carbocycles. The van der Waals surface area contributed by atoms with E-state index >= 15 is 0 Å². The van der Waals surface area contributed by atoms with Crippen molar-refractivity contribution in [2.75, 3.05) is 18.1 Å². The molecule has 2 unspecified atom stereocenters. The molecule has 0 bridgehead atoms. The van der Waals surface area contributed by atoms with Crippen LogP contribution in [0.1, 0.15) is 13.3 Å². The number of halogens is 1. The molecule has 70 valence electrons. The minimum absolute atomic E-state index is 0.0306. The Morgan fingerprint density at radius 3 is 3.08 bits per heavy atom. The van der Waals surface area contributed by atoms with E-state index in [2.05, 4.69) is 5.32 Å². The summed E-state index contributed by atoms with van der Waals surface area (Å²) in [6.45, 7) is 2.47. The van der Waals surface area contributed by atoms with E-state index in [9.17, 15) is 4.79 Å². The lowest BCUT2D eigenvalue weighted by Crippen LogP contribution is -2.34. The van der Waals surface area contributed by atoms with Crippen molar-refractivity contribution >= 4 is 29.3 Å². The number of amides is 1. The molecule has 2 nitrogen and oxygen atoms in total. The van der Waals surface area contributed by atoms with Crippen LogP contribution in [-0.2, 0) is 4.79 Å². The first-order chi connectivity index (χ1) is 5.70. The quantitative estimate of drug-likeness (QED) is 0.711. The van der Waals surface area contributed by atoms with Crippen molar-refractivity contribution in [1.82, 2.24) is 5.32 Å². The Labute approximate surface area is 82.4 Å². The molecule has 0 aromatic heterocycles. The number of carbonyl (C=O) groups is 1. The van der Waals surface area contributed by atoms with Crippen molar-refractivity contribution < 1.29 is 4.79 Å². The van der Waals surface area contributed by atoms with Gasteiger partial charge in [0, 0.05) is 23.6 Å². The molecule has 0 saturated carbocycles. The Bertz CT molecular complexity index is 157. The van der Waals surface area contributed by atoms with Crippen LogP contribution in [0.25, 0.3) is 0 Å². The maximum atomic E-state index is 11.4. The van der Waals surface area contributed by atoms with Crippen LogP contribution in [0.2, 0.25) is 0 Å². The molecule has 0 radical (unpaired) electrons. The summed E-state index contributed by atoms with van der Waals surface area (Å²) in [6.07, 6.45) is 1.02. The Kier molecular flexibility index (Phi) is 4.22. The minimum Gasteiger partial charge on any atom is -0.354 e. The normalized spacial score (nSPS) is 25.3. The molecule has 1 amide bonds. The lowest BCUT2D eigenvalue weighted by molar-refractivity contribution is -0.124. The van der Waals surface area contributed by atoms with Gasteiger partial charge in [-0.15, -0.1) is 11.6 Å². The van der Waals surface area contributed by atoms with Gasteiger partial charge in [-0.05, 0) is 19.1 Å². The minimum atomic E-state index is 0.0306. The van der Waals surface area contributed by atoms with Crippen LogP contribution in [-0.4, -0.2) is 29.3 Å². The zero-order chi connectivity index (χ0) is 8.97. The van der Waals surface area contributed by atoms with Crippen molar-refractivity contribution in [2.45, 2.75) is 18.7 Å². The van der Waals surface area contributed by atoms with Crippen molar-refractivity contribution in [1.29, 1.82) is 0 Å². The predicted octanol–water partition coefficient (Wildman–Crippen LogP) is 1.48. The van der Waals surface area contributed by atoms with Gasteiger partial charge in [0.15, 0.2) is 0 Å². The molecule has 1 aliphatic heterocycles. The van der Waals surface area contributed by atoms with E-state index in [0.717, 1.165) is 17.9 Å². The van der Waals surface area contributed by atoms with Crippen LogP contribution >= 0.6 is 23.4 Å². The molecule has 1 rings (SSSR count). The highest BCUT2D eigenvalue weighted by atomic mass is 35.5.